The molecular formula is C16H19NO3. The number of hydrogen-bond donors (Lipinski definition) is 3. The highest BCUT2D eigenvalue weighted by Gasteiger charge is 2.12. The molecule has 0 bridgehead atoms. The van der Waals surface area contributed by atoms with Crippen LogP contribution >= 0.6 is 0 Å². The third-order valence-electron chi connectivity index (χ3n) is 3.23. The van der Waals surface area contributed by atoms with E-state index in [1.54, 1.807) is 6.07 Å². The van der Waals surface area contributed by atoms with Gasteiger partial charge in [-0.05, 0) is 11.6 Å². The second-order valence-electron chi connectivity index (χ2n) is 4.49. The molecular weight excluding hydrogens is 254 g/mol. The summed E-state index contributed by atoms with van der Waals surface area (Å²) in [5, 5.41) is 22.7. The third-order valence-corrected chi connectivity index (χ3v) is 3.23. The molecule has 0 radical (unpaired) electrons. The minimum absolute atomic E-state index is 0.00521. The van der Waals surface area contributed by atoms with E-state index < -0.39 is 0 Å². The summed E-state index contributed by atoms with van der Waals surface area (Å²) in [6.07, 6.45) is 0. The topological polar surface area (TPSA) is 61.7 Å². The first kappa shape index (κ1) is 14.4. The Bertz CT molecular complexity index is 543. The van der Waals surface area contributed by atoms with E-state index in [4.69, 9.17) is 4.74 Å². The maximum absolute atomic E-state index is 10.0. The van der Waals surface area contributed by atoms with Gasteiger partial charge in [0.15, 0.2) is 11.5 Å². The van der Waals surface area contributed by atoms with Gasteiger partial charge in [-0.25, -0.2) is 0 Å². The van der Waals surface area contributed by atoms with Crippen LogP contribution in [0.4, 0.5) is 0 Å². The summed E-state index contributed by atoms with van der Waals surface area (Å²) in [4.78, 5) is 0. The number of rotatable bonds is 6. The number of hydrogen-bond acceptors (Lipinski definition) is 4. The molecule has 2 rings (SSSR count). The minimum Gasteiger partial charge on any atom is -0.504 e. The molecule has 0 aliphatic carbocycles. The monoisotopic (exact) mass is 273 g/mol. The second kappa shape index (κ2) is 6.93. The summed E-state index contributed by atoms with van der Waals surface area (Å²) >= 11 is 0. The first-order chi connectivity index (χ1) is 9.76. The van der Waals surface area contributed by atoms with Gasteiger partial charge in [0.1, 0.15) is 0 Å². The van der Waals surface area contributed by atoms with Crippen LogP contribution in [0, 0.1) is 0 Å². The van der Waals surface area contributed by atoms with Crippen LogP contribution in [0.25, 0.3) is 0 Å². The number of aliphatic hydroxyl groups is 1. The van der Waals surface area contributed by atoms with Crippen molar-refractivity contribution in [3.8, 4) is 11.5 Å². The third kappa shape index (κ3) is 3.29. The average Bonchev–Trinajstić information content (AvgIpc) is 2.50. The lowest BCUT2D eigenvalue weighted by molar-refractivity contribution is 0.243. The Balaban J connectivity index is 2.08. The van der Waals surface area contributed by atoms with E-state index in [1.807, 2.05) is 42.5 Å². The van der Waals surface area contributed by atoms with Crippen LogP contribution in [-0.2, 0) is 6.54 Å². The Morgan fingerprint density at radius 1 is 1.10 bits per heavy atom. The number of benzene rings is 2. The number of phenols is 1. The van der Waals surface area contributed by atoms with E-state index >= 15 is 0 Å². The number of methoxy groups -OCH3 is 1. The number of para-hydroxylation sites is 1. The van der Waals surface area contributed by atoms with Gasteiger partial charge in [-0.3, -0.25) is 0 Å². The molecule has 0 amide bonds. The van der Waals surface area contributed by atoms with Crippen LogP contribution in [0.5, 0.6) is 11.5 Å². The molecule has 4 heteroatoms. The van der Waals surface area contributed by atoms with Crippen molar-refractivity contribution in [3.63, 3.8) is 0 Å². The normalized spacial score (nSPS) is 12.1. The maximum Gasteiger partial charge on any atom is 0.162 e. The average molecular weight is 273 g/mol. The number of nitrogens with one attached hydrogen (secondary N) is 1. The molecule has 3 N–H and O–H groups in total. The van der Waals surface area contributed by atoms with E-state index in [0.29, 0.717) is 12.3 Å². The molecule has 0 unspecified atom stereocenters. The highest BCUT2D eigenvalue weighted by molar-refractivity contribution is 5.45. The Hall–Kier alpha value is -2.04. The van der Waals surface area contributed by atoms with E-state index in [9.17, 15) is 10.2 Å². The molecule has 0 saturated heterocycles. The Labute approximate surface area is 118 Å². The first-order valence-electron chi connectivity index (χ1n) is 6.50. The minimum atomic E-state index is -0.165. The molecule has 0 aliphatic rings. The first-order valence-corrected chi connectivity index (χ1v) is 6.50. The molecule has 0 heterocycles. The number of phenolic OH excluding ortho intramolecular Hbond substituents is 1. The molecule has 2 aromatic rings. The van der Waals surface area contributed by atoms with Gasteiger partial charge in [-0.15, -0.1) is 0 Å². The number of ether oxygens (including phenoxy) is 1. The lowest BCUT2D eigenvalue weighted by Crippen LogP contribution is -2.24. The molecule has 2 aromatic carbocycles. The van der Waals surface area contributed by atoms with E-state index in [-0.39, 0.29) is 18.4 Å². The SMILES string of the molecule is COc1cccc(CN[C@@H](CO)c2ccccc2)c1O. The summed E-state index contributed by atoms with van der Waals surface area (Å²) in [6, 6.07) is 14.9. The molecule has 0 fully saturated rings. The molecule has 4 nitrogen and oxygen atoms in total. The zero-order chi connectivity index (χ0) is 14.4. The van der Waals surface area contributed by atoms with Crippen LogP contribution in [-0.4, -0.2) is 23.9 Å². The summed E-state index contributed by atoms with van der Waals surface area (Å²) in [5.74, 6) is 0.580. The number of aromatic hydroxyl groups is 1. The lowest BCUT2D eigenvalue weighted by Gasteiger charge is -2.17. The second-order valence-corrected chi connectivity index (χ2v) is 4.49. The molecule has 0 spiro atoms. The molecule has 0 aromatic heterocycles. The largest absolute Gasteiger partial charge is 0.504 e. The van der Waals surface area contributed by atoms with Crippen molar-refractivity contribution < 1.29 is 14.9 Å². The molecule has 106 valence electrons. The van der Waals surface area contributed by atoms with Crippen LogP contribution < -0.4 is 10.1 Å². The fourth-order valence-corrected chi connectivity index (χ4v) is 2.08. The predicted octanol–water partition coefficient (Wildman–Crippen LogP) is 2.22. The van der Waals surface area contributed by atoms with Crippen LogP contribution in [0.2, 0.25) is 0 Å². The number of aliphatic hydroxyl groups excluding tert-OH is 1. The molecule has 0 saturated carbocycles. The van der Waals surface area contributed by atoms with Gasteiger partial charge in [0.25, 0.3) is 0 Å². The van der Waals surface area contributed by atoms with Crippen LogP contribution in [0.1, 0.15) is 17.2 Å². The van der Waals surface area contributed by atoms with E-state index in [0.717, 1.165) is 11.1 Å². The Morgan fingerprint density at radius 2 is 1.85 bits per heavy atom. The van der Waals surface area contributed by atoms with Crippen molar-refractivity contribution in [1.82, 2.24) is 5.32 Å². The van der Waals surface area contributed by atoms with Crippen molar-refractivity contribution in [2.45, 2.75) is 12.6 Å². The lowest BCUT2D eigenvalue weighted by atomic mass is 10.1. The highest BCUT2D eigenvalue weighted by atomic mass is 16.5. The zero-order valence-corrected chi connectivity index (χ0v) is 11.4. The Morgan fingerprint density at radius 3 is 2.50 bits per heavy atom. The predicted molar refractivity (Wildman–Crippen MR) is 77.8 cm³/mol. The summed E-state index contributed by atoms with van der Waals surface area (Å²) < 4.78 is 5.08. The zero-order valence-electron chi connectivity index (χ0n) is 11.4. The summed E-state index contributed by atoms with van der Waals surface area (Å²) in [6.45, 7) is 0.442. The van der Waals surface area contributed by atoms with Crippen LogP contribution in [0.3, 0.4) is 0 Å². The fourth-order valence-electron chi connectivity index (χ4n) is 2.08. The van der Waals surface area contributed by atoms with Crippen molar-refractivity contribution in [2.24, 2.45) is 0 Å². The van der Waals surface area contributed by atoms with Gasteiger partial charge in [0.2, 0.25) is 0 Å². The maximum atomic E-state index is 10.0. The standard InChI is InChI=1S/C16H19NO3/c1-20-15-9-5-8-13(16(15)19)10-17-14(11-18)12-6-3-2-4-7-12/h2-9,14,17-19H,10-11H2,1H3/t14-/m0/s1. The van der Waals surface area contributed by atoms with Crippen molar-refractivity contribution in [3.05, 3.63) is 59.7 Å². The van der Waals surface area contributed by atoms with Gasteiger partial charge < -0.3 is 20.3 Å². The van der Waals surface area contributed by atoms with Gasteiger partial charge in [-0.2, -0.15) is 0 Å². The van der Waals surface area contributed by atoms with Gasteiger partial charge in [-0.1, -0.05) is 42.5 Å². The molecule has 20 heavy (non-hydrogen) atoms. The quantitative estimate of drug-likeness (QED) is 0.755. The van der Waals surface area contributed by atoms with Gasteiger partial charge in [0.05, 0.1) is 19.8 Å². The van der Waals surface area contributed by atoms with Crippen molar-refractivity contribution in [1.29, 1.82) is 0 Å². The van der Waals surface area contributed by atoms with Crippen molar-refractivity contribution >= 4 is 0 Å². The van der Waals surface area contributed by atoms with E-state index in [1.165, 1.54) is 7.11 Å². The van der Waals surface area contributed by atoms with Crippen molar-refractivity contribution in [2.75, 3.05) is 13.7 Å². The van der Waals surface area contributed by atoms with Gasteiger partial charge >= 0.3 is 0 Å². The smallest absolute Gasteiger partial charge is 0.162 e. The molecule has 1 atom stereocenters. The molecule has 0 aliphatic heterocycles. The highest BCUT2D eigenvalue weighted by Crippen LogP contribution is 2.29. The Kier molecular flexibility index (Phi) is 4.98. The van der Waals surface area contributed by atoms with Gasteiger partial charge in [0, 0.05) is 12.1 Å². The van der Waals surface area contributed by atoms with E-state index in [2.05, 4.69) is 5.32 Å². The summed E-state index contributed by atoms with van der Waals surface area (Å²) in [5.41, 5.74) is 1.75. The fraction of sp³-hybridized carbons (Fsp3) is 0.250. The van der Waals surface area contributed by atoms with Crippen LogP contribution in [0.15, 0.2) is 48.5 Å². The summed E-state index contributed by atoms with van der Waals surface area (Å²) in [7, 11) is 1.52.